The molecule has 0 unspecified atom stereocenters. The van der Waals surface area contributed by atoms with Crippen molar-refractivity contribution >= 4 is 73.7 Å². The zero-order valence-electron chi connectivity index (χ0n) is 51.6. The van der Waals surface area contributed by atoms with Crippen LogP contribution >= 0.6 is 11.8 Å². The van der Waals surface area contributed by atoms with E-state index in [0.29, 0.717) is 0 Å². The molecule has 0 atom stereocenters. The van der Waals surface area contributed by atoms with Gasteiger partial charge in [0.25, 0.3) is 0 Å². The minimum atomic E-state index is -0.201. The van der Waals surface area contributed by atoms with Gasteiger partial charge in [0.05, 0.1) is 22.4 Å². The van der Waals surface area contributed by atoms with Crippen LogP contribution in [0.3, 0.4) is 0 Å². The first-order valence-electron chi connectivity index (χ1n) is 32.0. The van der Waals surface area contributed by atoms with E-state index in [9.17, 15) is 0 Å². The summed E-state index contributed by atoms with van der Waals surface area (Å²) in [7, 11) is 0. The monoisotopic (exact) mass is 1190 g/mol. The molecule has 434 valence electrons. The molecular weight excluding hydrogens is 1130 g/mol. The van der Waals surface area contributed by atoms with Gasteiger partial charge >= 0.3 is 0 Å². The highest BCUT2D eigenvalue weighted by molar-refractivity contribution is 8.00. The summed E-state index contributed by atoms with van der Waals surface area (Å²) in [5.41, 5.74) is 30.9. The number of hydrogen-bond donors (Lipinski definition) is 0. The second kappa shape index (κ2) is 22.5. The van der Waals surface area contributed by atoms with Gasteiger partial charge in [-0.1, -0.05) is 311 Å². The Labute approximate surface area is 543 Å². The Morgan fingerprint density at radius 2 is 0.685 bits per heavy atom. The molecule has 14 aromatic carbocycles. The molecule has 2 nitrogen and oxygen atoms in total. The Bertz CT molecular complexity index is 5090. The number of nitrogens with zero attached hydrogens (tertiary/aromatic N) is 2. The lowest BCUT2D eigenvalue weighted by atomic mass is 9.34. The van der Waals surface area contributed by atoms with E-state index >= 15 is 0 Å². The molecule has 0 saturated heterocycles. The van der Waals surface area contributed by atoms with E-state index in [1.807, 2.05) is 11.8 Å². The first-order chi connectivity index (χ1) is 45.3. The summed E-state index contributed by atoms with van der Waals surface area (Å²) in [6.07, 6.45) is 0. The van der Waals surface area contributed by atoms with E-state index in [1.165, 1.54) is 132 Å². The van der Waals surface area contributed by atoms with Crippen LogP contribution in [0.5, 0.6) is 0 Å². The maximum absolute atomic E-state index is 2.67. The number of aromatic nitrogens is 1. The molecule has 2 aliphatic rings. The van der Waals surface area contributed by atoms with Crippen LogP contribution in [0.2, 0.25) is 0 Å². The summed E-state index contributed by atoms with van der Waals surface area (Å²) in [5, 5.41) is 2.48. The first kappa shape index (κ1) is 55.2. The van der Waals surface area contributed by atoms with Crippen LogP contribution in [0.25, 0.3) is 117 Å². The standard InChI is InChI=1S/C88H63BN2S/c1-88(2,3)72-56-82-85-84(57-72)92-87-78(54-71(55-83(87)90-79-38-21-19-34-75(79)76-35-20-22-39-80(76)90)70-51-68(61-30-15-7-16-31-61)50-69(52-70)62-32-17-8-18-33-62)89(85)77-53-67(60-28-13-6-14-29-60)48-49-81(77)91(82)86-73(65-44-40-63(41-45-65)58-24-9-4-10-25-58)36-23-37-74(86)66-46-42-64(43-47-66)59-26-11-5-12-27-59/h4-57H,1-3H3. The zero-order chi connectivity index (χ0) is 61.4. The van der Waals surface area contributed by atoms with Crippen molar-refractivity contribution in [3.8, 4) is 94.7 Å². The van der Waals surface area contributed by atoms with Gasteiger partial charge in [0, 0.05) is 43.1 Å². The van der Waals surface area contributed by atoms with Crippen molar-refractivity contribution in [2.24, 2.45) is 0 Å². The third-order valence-electron chi connectivity index (χ3n) is 19.0. The van der Waals surface area contributed by atoms with Crippen LogP contribution in [0, 0.1) is 0 Å². The summed E-state index contributed by atoms with van der Waals surface area (Å²) in [6.45, 7) is 6.94. The molecule has 0 spiro atoms. The van der Waals surface area contributed by atoms with Gasteiger partial charge in [-0.25, -0.2) is 0 Å². The van der Waals surface area contributed by atoms with E-state index in [0.717, 1.165) is 33.6 Å². The molecule has 0 N–H and O–H groups in total. The van der Waals surface area contributed by atoms with Crippen LogP contribution in [0.4, 0.5) is 17.1 Å². The van der Waals surface area contributed by atoms with Crippen molar-refractivity contribution < 1.29 is 0 Å². The van der Waals surface area contributed by atoms with Gasteiger partial charge in [-0.2, -0.15) is 0 Å². The predicted molar refractivity (Wildman–Crippen MR) is 393 cm³/mol. The largest absolute Gasteiger partial charge is 0.310 e. The fourth-order valence-electron chi connectivity index (χ4n) is 14.4. The molecule has 3 heterocycles. The van der Waals surface area contributed by atoms with Gasteiger partial charge in [-0.05, 0) is 154 Å². The van der Waals surface area contributed by atoms with Crippen molar-refractivity contribution in [3.63, 3.8) is 0 Å². The average Bonchev–Trinajstić information content (AvgIpc) is 0.804. The van der Waals surface area contributed by atoms with E-state index < -0.39 is 0 Å². The zero-order valence-corrected chi connectivity index (χ0v) is 52.4. The molecule has 0 amide bonds. The first-order valence-corrected chi connectivity index (χ1v) is 32.8. The van der Waals surface area contributed by atoms with E-state index in [2.05, 4.69) is 358 Å². The maximum Gasteiger partial charge on any atom is 0.249 e. The Hall–Kier alpha value is -10.9. The van der Waals surface area contributed by atoms with Gasteiger partial charge in [0.15, 0.2) is 0 Å². The number of benzene rings is 14. The third kappa shape index (κ3) is 9.61. The van der Waals surface area contributed by atoms with Crippen molar-refractivity contribution in [2.75, 3.05) is 4.90 Å². The molecule has 17 rings (SSSR count). The molecule has 0 radical (unpaired) electrons. The number of rotatable bonds is 10. The second-order valence-corrected chi connectivity index (χ2v) is 26.6. The van der Waals surface area contributed by atoms with Gasteiger partial charge < -0.3 is 9.47 Å². The highest BCUT2D eigenvalue weighted by Crippen LogP contribution is 2.52. The van der Waals surface area contributed by atoms with E-state index in [1.54, 1.807) is 0 Å². The smallest absolute Gasteiger partial charge is 0.249 e. The summed E-state index contributed by atoms with van der Waals surface area (Å²) in [4.78, 5) is 5.21. The number of fused-ring (bicyclic) bond motifs is 7. The SMILES string of the molecule is CC(C)(C)c1cc2c3c(c1)N(c1c(-c4ccc(-c5ccccc5)cc4)cccc1-c1ccc(-c4ccccc4)cc1)c1ccc(-c4ccccc4)cc1B3c1cc(-c3cc(-c4ccccc4)cc(-c4ccccc4)c3)cc(-n3c4ccccc4c4ccccc43)c1S2. The Morgan fingerprint density at radius 3 is 1.17 bits per heavy atom. The second-order valence-electron chi connectivity index (χ2n) is 25.6. The minimum absolute atomic E-state index is 0.177. The lowest BCUT2D eigenvalue weighted by Crippen LogP contribution is -2.60. The van der Waals surface area contributed by atoms with Crippen LogP contribution in [-0.2, 0) is 5.41 Å². The quantitative estimate of drug-likeness (QED) is 0.126. The number of para-hydroxylation sites is 3. The molecule has 92 heavy (non-hydrogen) atoms. The fraction of sp³-hybridized carbons (Fsp3) is 0.0455. The van der Waals surface area contributed by atoms with Crippen LogP contribution in [-0.4, -0.2) is 11.3 Å². The molecular formula is C88H63BN2S. The summed E-state index contributed by atoms with van der Waals surface area (Å²) in [5.74, 6) is 0. The Morgan fingerprint density at radius 1 is 0.293 bits per heavy atom. The average molecular weight is 1190 g/mol. The highest BCUT2D eigenvalue weighted by atomic mass is 32.2. The van der Waals surface area contributed by atoms with E-state index in [-0.39, 0.29) is 12.1 Å². The molecule has 15 aromatic rings. The molecule has 4 heteroatoms. The molecule has 1 aromatic heterocycles. The summed E-state index contributed by atoms with van der Waals surface area (Å²) >= 11 is 1.95. The van der Waals surface area contributed by atoms with Crippen LogP contribution in [0.1, 0.15) is 26.3 Å². The number of anilines is 3. The molecule has 0 fully saturated rings. The molecule has 0 saturated carbocycles. The minimum Gasteiger partial charge on any atom is -0.310 e. The molecule has 2 aliphatic heterocycles. The van der Waals surface area contributed by atoms with Crippen molar-refractivity contribution in [1.29, 1.82) is 0 Å². The summed E-state index contributed by atoms with van der Waals surface area (Å²) in [6, 6.07) is 122. The molecule has 0 bridgehead atoms. The highest BCUT2D eigenvalue weighted by Gasteiger charge is 2.44. The Balaban J connectivity index is 0.975. The lowest BCUT2D eigenvalue weighted by Gasteiger charge is -2.43. The van der Waals surface area contributed by atoms with Gasteiger partial charge in [0.1, 0.15) is 0 Å². The van der Waals surface area contributed by atoms with Gasteiger partial charge in [-0.3, -0.25) is 0 Å². The van der Waals surface area contributed by atoms with Crippen LogP contribution in [0.15, 0.2) is 337 Å². The number of hydrogen-bond acceptors (Lipinski definition) is 2. The molecule has 0 aliphatic carbocycles. The van der Waals surface area contributed by atoms with Crippen molar-refractivity contribution in [2.45, 2.75) is 36.0 Å². The van der Waals surface area contributed by atoms with Gasteiger partial charge in [0.2, 0.25) is 6.71 Å². The van der Waals surface area contributed by atoms with Gasteiger partial charge in [-0.15, -0.1) is 0 Å². The topological polar surface area (TPSA) is 8.17 Å². The summed E-state index contributed by atoms with van der Waals surface area (Å²) < 4.78 is 2.57. The Kier molecular flexibility index (Phi) is 13.5. The lowest BCUT2D eigenvalue weighted by molar-refractivity contribution is 0.589. The van der Waals surface area contributed by atoms with Crippen LogP contribution < -0.4 is 21.3 Å². The fourth-order valence-corrected chi connectivity index (χ4v) is 15.7. The van der Waals surface area contributed by atoms with E-state index in [4.69, 9.17) is 0 Å². The van der Waals surface area contributed by atoms with Crippen molar-refractivity contribution in [1.82, 2.24) is 4.57 Å². The predicted octanol–water partition coefficient (Wildman–Crippen LogP) is 22.2. The van der Waals surface area contributed by atoms with Crippen molar-refractivity contribution in [3.05, 3.63) is 333 Å². The third-order valence-corrected chi connectivity index (χ3v) is 20.2. The normalized spacial score (nSPS) is 12.4. The maximum atomic E-state index is 2.67.